The van der Waals surface area contributed by atoms with Crippen molar-refractivity contribution in [2.45, 2.75) is 50.2 Å². The van der Waals surface area contributed by atoms with Gasteiger partial charge >= 0.3 is 6.09 Å². The van der Waals surface area contributed by atoms with Gasteiger partial charge in [-0.3, -0.25) is 0 Å². The van der Waals surface area contributed by atoms with Crippen LogP contribution in [0.2, 0.25) is 0 Å². The van der Waals surface area contributed by atoms with E-state index in [0.717, 1.165) is 37.4 Å². The molecule has 22 heavy (non-hydrogen) atoms. The standard InChI is InChI=1S/C17H26N2O2S/c1-17(2,3)21-16(20)19-9-5-8-15(11-19)22-12-13-6-4-7-14(18)10-13/h4,6-7,10,15H,5,8-9,11-12,18H2,1-3H3. The Balaban J connectivity index is 1.84. The van der Waals surface area contributed by atoms with E-state index in [1.165, 1.54) is 5.56 Å². The minimum Gasteiger partial charge on any atom is -0.444 e. The van der Waals surface area contributed by atoms with Crippen LogP contribution in [0, 0.1) is 0 Å². The van der Waals surface area contributed by atoms with Crippen LogP contribution >= 0.6 is 11.8 Å². The largest absolute Gasteiger partial charge is 0.444 e. The Morgan fingerprint density at radius 3 is 2.91 bits per heavy atom. The molecular formula is C17H26N2O2S. The summed E-state index contributed by atoms with van der Waals surface area (Å²) in [5, 5.41) is 0.461. The molecule has 0 aromatic heterocycles. The van der Waals surface area contributed by atoms with Gasteiger partial charge in [-0.2, -0.15) is 11.8 Å². The van der Waals surface area contributed by atoms with E-state index < -0.39 is 5.60 Å². The number of likely N-dealkylation sites (tertiary alicyclic amines) is 1. The second kappa shape index (κ2) is 7.27. The fraction of sp³-hybridized carbons (Fsp3) is 0.588. The van der Waals surface area contributed by atoms with E-state index in [0.29, 0.717) is 5.25 Å². The van der Waals surface area contributed by atoms with Gasteiger partial charge in [-0.05, 0) is 51.3 Å². The summed E-state index contributed by atoms with van der Waals surface area (Å²) in [6.45, 7) is 7.27. The van der Waals surface area contributed by atoms with E-state index in [4.69, 9.17) is 10.5 Å². The molecule has 2 N–H and O–H groups in total. The highest BCUT2D eigenvalue weighted by molar-refractivity contribution is 7.99. The first-order chi connectivity index (χ1) is 10.3. The van der Waals surface area contributed by atoms with Crippen molar-refractivity contribution in [3.05, 3.63) is 29.8 Å². The number of anilines is 1. The Morgan fingerprint density at radius 1 is 1.45 bits per heavy atom. The van der Waals surface area contributed by atoms with Gasteiger partial charge in [0.15, 0.2) is 0 Å². The van der Waals surface area contributed by atoms with E-state index in [-0.39, 0.29) is 6.09 Å². The molecule has 0 aliphatic carbocycles. The van der Waals surface area contributed by atoms with Gasteiger partial charge in [0, 0.05) is 29.8 Å². The van der Waals surface area contributed by atoms with Crippen LogP contribution in [0.15, 0.2) is 24.3 Å². The predicted molar refractivity (Wildman–Crippen MR) is 93.0 cm³/mol. The van der Waals surface area contributed by atoms with E-state index in [9.17, 15) is 4.79 Å². The fourth-order valence-corrected chi connectivity index (χ4v) is 3.69. The number of benzene rings is 1. The molecule has 1 amide bonds. The number of nitrogens with two attached hydrogens (primary N) is 1. The second-order valence-corrected chi connectivity index (χ2v) is 8.04. The molecule has 0 spiro atoms. The SMILES string of the molecule is CC(C)(C)OC(=O)N1CCCC(SCc2cccc(N)c2)C1. The summed E-state index contributed by atoms with van der Waals surface area (Å²) in [4.78, 5) is 14.0. The zero-order valence-corrected chi connectivity index (χ0v) is 14.5. The molecule has 0 bridgehead atoms. The molecule has 1 aliphatic heterocycles. The van der Waals surface area contributed by atoms with Crippen molar-refractivity contribution in [1.82, 2.24) is 4.90 Å². The molecule has 2 rings (SSSR count). The van der Waals surface area contributed by atoms with E-state index in [1.807, 2.05) is 55.6 Å². The first kappa shape index (κ1) is 17.0. The minimum atomic E-state index is -0.432. The van der Waals surface area contributed by atoms with Gasteiger partial charge < -0.3 is 15.4 Å². The molecule has 1 aromatic carbocycles. The summed E-state index contributed by atoms with van der Waals surface area (Å²) in [7, 11) is 0. The van der Waals surface area contributed by atoms with Crippen LogP contribution in [0.1, 0.15) is 39.2 Å². The highest BCUT2D eigenvalue weighted by Gasteiger charge is 2.27. The fourth-order valence-electron chi connectivity index (χ4n) is 2.46. The molecule has 1 aliphatic rings. The molecule has 1 fully saturated rings. The van der Waals surface area contributed by atoms with Crippen LogP contribution in [-0.2, 0) is 10.5 Å². The van der Waals surface area contributed by atoms with Crippen molar-refractivity contribution >= 4 is 23.5 Å². The quantitative estimate of drug-likeness (QED) is 0.858. The van der Waals surface area contributed by atoms with Crippen molar-refractivity contribution in [3.8, 4) is 0 Å². The highest BCUT2D eigenvalue weighted by atomic mass is 32.2. The molecule has 4 nitrogen and oxygen atoms in total. The lowest BCUT2D eigenvalue weighted by atomic mass is 10.1. The Morgan fingerprint density at radius 2 is 2.23 bits per heavy atom. The number of rotatable bonds is 3. The highest BCUT2D eigenvalue weighted by Crippen LogP contribution is 2.27. The monoisotopic (exact) mass is 322 g/mol. The molecule has 1 unspecified atom stereocenters. The molecule has 1 aromatic rings. The maximum absolute atomic E-state index is 12.2. The molecule has 0 radical (unpaired) electrons. The molecule has 0 saturated carbocycles. The molecular weight excluding hydrogens is 296 g/mol. The topological polar surface area (TPSA) is 55.6 Å². The van der Waals surface area contributed by atoms with Gasteiger partial charge in [-0.25, -0.2) is 4.79 Å². The number of hydrogen-bond acceptors (Lipinski definition) is 4. The molecule has 1 atom stereocenters. The third-order valence-corrected chi connectivity index (χ3v) is 4.82. The summed E-state index contributed by atoms with van der Waals surface area (Å²) in [6, 6.07) is 8.00. The van der Waals surface area contributed by atoms with Crippen molar-refractivity contribution in [1.29, 1.82) is 0 Å². The average Bonchev–Trinajstić information content (AvgIpc) is 2.44. The van der Waals surface area contributed by atoms with Gasteiger partial charge in [0.05, 0.1) is 0 Å². The maximum atomic E-state index is 12.2. The zero-order valence-electron chi connectivity index (χ0n) is 13.7. The van der Waals surface area contributed by atoms with Crippen molar-refractivity contribution in [3.63, 3.8) is 0 Å². The van der Waals surface area contributed by atoms with Gasteiger partial charge in [0.1, 0.15) is 5.60 Å². The Labute approximate surface area is 137 Å². The van der Waals surface area contributed by atoms with Crippen molar-refractivity contribution < 1.29 is 9.53 Å². The van der Waals surface area contributed by atoms with Crippen LogP contribution in [0.3, 0.4) is 0 Å². The van der Waals surface area contributed by atoms with Gasteiger partial charge in [0.2, 0.25) is 0 Å². The lowest BCUT2D eigenvalue weighted by Crippen LogP contribution is -2.43. The third-order valence-electron chi connectivity index (χ3n) is 3.47. The number of thioether (sulfide) groups is 1. The predicted octanol–water partition coefficient (Wildman–Crippen LogP) is 3.90. The first-order valence-electron chi connectivity index (χ1n) is 7.77. The number of hydrogen-bond donors (Lipinski definition) is 1. The van der Waals surface area contributed by atoms with Crippen LogP contribution in [0.4, 0.5) is 10.5 Å². The molecule has 122 valence electrons. The van der Waals surface area contributed by atoms with E-state index in [2.05, 4.69) is 6.07 Å². The number of amides is 1. The summed E-state index contributed by atoms with van der Waals surface area (Å²) in [5.41, 5.74) is 7.42. The Hall–Kier alpha value is -1.36. The van der Waals surface area contributed by atoms with E-state index >= 15 is 0 Å². The van der Waals surface area contributed by atoms with Crippen LogP contribution in [-0.4, -0.2) is 34.9 Å². The van der Waals surface area contributed by atoms with Gasteiger partial charge in [-0.1, -0.05) is 12.1 Å². The average molecular weight is 322 g/mol. The second-order valence-electron chi connectivity index (χ2n) is 6.75. The van der Waals surface area contributed by atoms with E-state index in [1.54, 1.807) is 0 Å². The number of ether oxygens (including phenoxy) is 1. The minimum absolute atomic E-state index is 0.193. The van der Waals surface area contributed by atoms with Crippen LogP contribution in [0.25, 0.3) is 0 Å². The van der Waals surface area contributed by atoms with Gasteiger partial charge in [-0.15, -0.1) is 0 Å². The first-order valence-corrected chi connectivity index (χ1v) is 8.82. The van der Waals surface area contributed by atoms with Crippen molar-refractivity contribution in [2.24, 2.45) is 0 Å². The number of nitrogen functional groups attached to an aromatic ring is 1. The third kappa shape index (κ3) is 5.44. The number of piperidine rings is 1. The summed E-state index contributed by atoms with van der Waals surface area (Å²) in [5.74, 6) is 0.928. The van der Waals surface area contributed by atoms with Gasteiger partial charge in [0.25, 0.3) is 0 Å². The normalized spacial score (nSPS) is 19.0. The Bertz CT molecular complexity index is 514. The lowest BCUT2D eigenvalue weighted by molar-refractivity contribution is 0.0220. The molecule has 1 heterocycles. The lowest BCUT2D eigenvalue weighted by Gasteiger charge is -2.33. The summed E-state index contributed by atoms with van der Waals surface area (Å²) >= 11 is 1.89. The van der Waals surface area contributed by atoms with Crippen molar-refractivity contribution in [2.75, 3.05) is 18.8 Å². The zero-order chi connectivity index (χ0) is 16.2. The molecule has 1 saturated heterocycles. The Kier molecular flexibility index (Phi) is 5.62. The summed E-state index contributed by atoms with van der Waals surface area (Å²) < 4.78 is 5.47. The van der Waals surface area contributed by atoms with Crippen LogP contribution < -0.4 is 5.73 Å². The maximum Gasteiger partial charge on any atom is 0.410 e. The number of carbonyl (C=O) groups excluding carboxylic acids is 1. The molecule has 5 heteroatoms. The van der Waals surface area contributed by atoms with Crippen LogP contribution in [0.5, 0.6) is 0 Å². The number of nitrogens with zero attached hydrogens (tertiary/aromatic N) is 1. The summed E-state index contributed by atoms with van der Waals surface area (Å²) in [6.07, 6.45) is 1.99. The smallest absolute Gasteiger partial charge is 0.410 e. The number of carbonyl (C=O) groups is 1.